The van der Waals surface area contributed by atoms with Crippen LogP contribution in [0.3, 0.4) is 0 Å². The van der Waals surface area contributed by atoms with Crippen LogP contribution in [0.25, 0.3) is 0 Å². The lowest BCUT2D eigenvalue weighted by atomic mass is 10.1. The second-order valence-corrected chi connectivity index (χ2v) is 8.26. The molecule has 0 radical (unpaired) electrons. The number of hydrogen-bond acceptors (Lipinski definition) is 3. The summed E-state index contributed by atoms with van der Waals surface area (Å²) in [5.41, 5.74) is 2.39. The molecule has 1 atom stereocenters. The fourth-order valence-corrected chi connectivity index (χ4v) is 4.07. The Labute approximate surface area is 184 Å². The van der Waals surface area contributed by atoms with Crippen LogP contribution >= 0.6 is 23.8 Å². The quantitative estimate of drug-likeness (QED) is 0.621. The van der Waals surface area contributed by atoms with E-state index in [0.29, 0.717) is 0 Å². The summed E-state index contributed by atoms with van der Waals surface area (Å²) in [5, 5.41) is 5.05. The minimum Gasteiger partial charge on any atom is -0.379 e. The first-order valence-corrected chi connectivity index (χ1v) is 11.1. The fraction of sp³-hybridized carbons (Fsp3) is 0.435. The van der Waals surface area contributed by atoms with E-state index in [1.807, 2.05) is 24.3 Å². The van der Waals surface area contributed by atoms with Crippen molar-refractivity contribution in [2.75, 3.05) is 39.4 Å². The van der Waals surface area contributed by atoms with Gasteiger partial charge in [-0.2, -0.15) is 0 Å². The number of thiocarbonyl (C=S) groups is 1. The minimum absolute atomic E-state index is 0.157. The van der Waals surface area contributed by atoms with Crippen molar-refractivity contribution in [1.29, 1.82) is 0 Å². The third-order valence-electron chi connectivity index (χ3n) is 5.20. The van der Waals surface area contributed by atoms with Crippen molar-refractivity contribution >= 4 is 28.9 Å². The van der Waals surface area contributed by atoms with Crippen molar-refractivity contribution in [3.8, 4) is 0 Å². The van der Waals surface area contributed by atoms with Gasteiger partial charge in [0.1, 0.15) is 0 Å². The first kappa shape index (κ1) is 22.0. The van der Waals surface area contributed by atoms with Gasteiger partial charge in [0.05, 0.1) is 19.3 Å². The molecule has 1 heterocycles. The van der Waals surface area contributed by atoms with E-state index in [9.17, 15) is 0 Å². The Balaban J connectivity index is 1.61. The molecule has 1 saturated heterocycles. The number of benzene rings is 2. The molecule has 1 unspecified atom stereocenters. The minimum atomic E-state index is 0.157. The van der Waals surface area contributed by atoms with Crippen molar-refractivity contribution in [2.24, 2.45) is 0 Å². The Morgan fingerprint density at radius 3 is 2.66 bits per heavy atom. The van der Waals surface area contributed by atoms with E-state index in [-0.39, 0.29) is 6.04 Å². The highest BCUT2D eigenvalue weighted by atomic mass is 35.5. The largest absolute Gasteiger partial charge is 0.379 e. The van der Waals surface area contributed by atoms with Crippen LogP contribution in [0.5, 0.6) is 0 Å². The summed E-state index contributed by atoms with van der Waals surface area (Å²) in [5.74, 6) is 0. The zero-order chi connectivity index (χ0) is 20.5. The number of morpholine rings is 1. The molecule has 0 spiro atoms. The van der Waals surface area contributed by atoms with Crippen molar-refractivity contribution < 1.29 is 4.74 Å². The number of ether oxygens (including phenoxy) is 1. The van der Waals surface area contributed by atoms with E-state index >= 15 is 0 Å². The number of nitrogens with one attached hydrogen (secondary N) is 1. The summed E-state index contributed by atoms with van der Waals surface area (Å²) in [6, 6.07) is 18.6. The Kier molecular flexibility index (Phi) is 8.74. The fourth-order valence-electron chi connectivity index (χ4n) is 3.52. The standard InChI is InChI=1S/C23H30ClN3OS/c1-19(21-8-3-2-4-9-21)25-23(29)27(18-20-7-5-10-22(24)17-20)12-6-11-26-13-15-28-16-14-26/h2-5,7-10,17,19H,6,11-16,18H2,1H3,(H,25,29). The summed E-state index contributed by atoms with van der Waals surface area (Å²) in [7, 11) is 0. The smallest absolute Gasteiger partial charge is 0.169 e. The van der Waals surface area contributed by atoms with E-state index < -0.39 is 0 Å². The van der Waals surface area contributed by atoms with E-state index in [0.717, 1.165) is 62.5 Å². The van der Waals surface area contributed by atoms with Gasteiger partial charge in [-0.15, -0.1) is 0 Å². The van der Waals surface area contributed by atoms with Crippen LogP contribution in [0, 0.1) is 0 Å². The molecule has 1 fully saturated rings. The number of halogens is 1. The highest BCUT2D eigenvalue weighted by Crippen LogP contribution is 2.16. The lowest BCUT2D eigenvalue weighted by Crippen LogP contribution is -2.42. The van der Waals surface area contributed by atoms with Gasteiger partial charge in [0.25, 0.3) is 0 Å². The summed E-state index contributed by atoms with van der Waals surface area (Å²) >= 11 is 12.0. The van der Waals surface area contributed by atoms with Crippen LogP contribution in [0.2, 0.25) is 5.02 Å². The van der Waals surface area contributed by atoms with Crippen LogP contribution in [-0.2, 0) is 11.3 Å². The molecule has 156 valence electrons. The number of hydrogen-bond donors (Lipinski definition) is 1. The van der Waals surface area contributed by atoms with Crippen molar-refractivity contribution in [1.82, 2.24) is 15.1 Å². The van der Waals surface area contributed by atoms with Gasteiger partial charge >= 0.3 is 0 Å². The lowest BCUT2D eigenvalue weighted by molar-refractivity contribution is 0.0367. The van der Waals surface area contributed by atoms with Crippen LogP contribution in [0.4, 0.5) is 0 Å². The highest BCUT2D eigenvalue weighted by Gasteiger charge is 2.16. The first-order valence-electron chi connectivity index (χ1n) is 10.3. The van der Waals surface area contributed by atoms with Gasteiger partial charge in [-0.05, 0) is 48.8 Å². The third kappa shape index (κ3) is 7.27. The molecule has 6 heteroatoms. The van der Waals surface area contributed by atoms with Crippen molar-refractivity contribution in [3.05, 3.63) is 70.7 Å². The van der Waals surface area contributed by atoms with Crippen molar-refractivity contribution in [2.45, 2.75) is 25.9 Å². The van der Waals surface area contributed by atoms with Crippen LogP contribution in [-0.4, -0.2) is 54.3 Å². The molecule has 0 aromatic heterocycles. The number of nitrogens with zero attached hydrogens (tertiary/aromatic N) is 2. The van der Waals surface area contributed by atoms with Crippen LogP contribution < -0.4 is 5.32 Å². The molecular weight excluding hydrogens is 402 g/mol. The predicted octanol–water partition coefficient (Wildman–Crippen LogP) is 4.50. The maximum absolute atomic E-state index is 6.19. The van der Waals surface area contributed by atoms with Gasteiger partial charge < -0.3 is 15.0 Å². The highest BCUT2D eigenvalue weighted by molar-refractivity contribution is 7.80. The summed E-state index contributed by atoms with van der Waals surface area (Å²) in [6.45, 7) is 8.55. The van der Waals surface area contributed by atoms with Gasteiger partial charge in [-0.25, -0.2) is 0 Å². The lowest BCUT2D eigenvalue weighted by Gasteiger charge is -2.31. The van der Waals surface area contributed by atoms with Gasteiger partial charge in [0.15, 0.2) is 5.11 Å². The molecule has 2 aromatic rings. The van der Waals surface area contributed by atoms with Gasteiger partial charge in [0.2, 0.25) is 0 Å². The predicted molar refractivity (Wildman–Crippen MR) is 124 cm³/mol. The molecule has 29 heavy (non-hydrogen) atoms. The maximum atomic E-state index is 6.19. The topological polar surface area (TPSA) is 27.7 Å². The molecule has 2 aromatic carbocycles. The number of rotatable bonds is 8. The van der Waals surface area contributed by atoms with Crippen LogP contribution in [0.15, 0.2) is 54.6 Å². The molecule has 3 rings (SSSR count). The van der Waals surface area contributed by atoms with Gasteiger partial charge in [-0.1, -0.05) is 54.1 Å². The van der Waals surface area contributed by atoms with Crippen LogP contribution in [0.1, 0.15) is 30.5 Å². The van der Waals surface area contributed by atoms with E-state index in [4.69, 9.17) is 28.6 Å². The molecule has 1 aliphatic heterocycles. The van der Waals surface area contributed by atoms with E-state index in [2.05, 4.69) is 52.4 Å². The second kappa shape index (κ2) is 11.5. The zero-order valence-electron chi connectivity index (χ0n) is 17.0. The monoisotopic (exact) mass is 431 g/mol. The Morgan fingerprint density at radius 2 is 1.93 bits per heavy atom. The average molecular weight is 432 g/mol. The second-order valence-electron chi connectivity index (χ2n) is 7.44. The maximum Gasteiger partial charge on any atom is 0.169 e. The Morgan fingerprint density at radius 1 is 1.17 bits per heavy atom. The summed E-state index contributed by atoms with van der Waals surface area (Å²) < 4.78 is 5.45. The van der Waals surface area contributed by atoms with E-state index in [1.165, 1.54) is 11.1 Å². The van der Waals surface area contributed by atoms with Gasteiger partial charge in [0, 0.05) is 37.7 Å². The average Bonchev–Trinajstić information content (AvgIpc) is 2.74. The molecule has 0 aliphatic carbocycles. The van der Waals surface area contributed by atoms with Crippen molar-refractivity contribution in [3.63, 3.8) is 0 Å². The normalized spacial score (nSPS) is 15.7. The third-order valence-corrected chi connectivity index (χ3v) is 5.81. The first-order chi connectivity index (χ1) is 14.1. The molecule has 4 nitrogen and oxygen atoms in total. The van der Waals surface area contributed by atoms with Gasteiger partial charge in [-0.3, -0.25) is 4.90 Å². The molecule has 0 bridgehead atoms. The molecular formula is C23H30ClN3OS. The molecule has 1 N–H and O–H groups in total. The van der Waals surface area contributed by atoms with E-state index in [1.54, 1.807) is 0 Å². The Hall–Kier alpha value is -1.66. The summed E-state index contributed by atoms with van der Waals surface area (Å²) in [4.78, 5) is 4.71. The zero-order valence-corrected chi connectivity index (χ0v) is 18.6. The molecule has 0 saturated carbocycles. The summed E-state index contributed by atoms with van der Waals surface area (Å²) in [6.07, 6.45) is 1.06. The molecule has 1 aliphatic rings. The SMILES string of the molecule is CC(NC(=S)N(CCCN1CCOCC1)Cc1cccc(Cl)c1)c1ccccc1. The Bertz CT molecular complexity index is 768. The molecule has 0 amide bonds.